The van der Waals surface area contributed by atoms with E-state index in [0.717, 1.165) is 17.5 Å². The van der Waals surface area contributed by atoms with E-state index in [4.69, 9.17) is 21.1 Å². The molecule has 1 aliphatic rings. The minimum atomic E-state index is -0.523. The number of aromatic nitrogens is 2. The molecule has 3 aromatic rings. The first kappa shape index (κ1) is 22.4. The first-order valence-electron chi connectivity index (χ1n) is 10.7. The number of rotatable bonds is 5. The van der Waals surface area contributed by atoms with Crippen LogP contribution < -0.4 is 4.74 Å². The lowest BCUT2D eigenvalue weighted by Gasteiger charge is -2.24. The molecule has 0 N–H and O–H groups in total. The number of fused-ring (bicyclic) bond motifs is 1. The molecule has 0 spiro atoms. The lowest BCUT2D eigenvalue weighted by Crippen LogP contribution is -2.35. The largest absolute Gasteiger partial charge is 0.464 e. The van der Waals surface area contributed by atoms with Crippen LogP contribution in [0.3, 0.4) is 0 Å². The van der Waals surface area contributed by atoms with Crippen LogP contribution in [0.15, 0.2) is 42.5 Å². The van der Waals surface area contributed by atoms with Crippen LogP contribution >= 0.6 is 11.6 Å². The van der Waals surface area contributed by atoms with Gasteiger partial charge in [-0.15, -0.1) is 0 Å². The Labute approximate surface area is 191 Å². The van der Waals surface area contributed by atoms with Gasteiger partial charge in [0, 0.05) is 29.6 Å². The van der Waals surface area contributed by atoms with Crippen molar-refractivity contribution >= 4 is 28.7 Å². The Bertz CT molecular complexity index is 1110. The highest BCUT2D eigenvalue weighted by Crippen LogP contribution is 2.28. The molecule has 0 bridgehead atoms. The molecule has 4 rings (SSSR count). The summed E-state index contributed by atoms with van der Waals surface area (Å²) in [6.45, 7) is 7.36. The molecule has 0 aliphatic carbocycles. The maximum atomic E-state index is 14.4. The number of likely N-dealkylation sites (tertiary alicyclic amines) is 1. The second-order valence-corrected chi connectivity index (χ2v) is 9.47. The van der Waals surface area contributed by atoms with Gasteiger partial charge in [-0.2, -0.15) is 4.98 Å². The highest BCUT2D eigenvalue weighted by molar-refractivity contribution is 6.31. The normalized spacial score (nSPS) is 16.5. The van der Waals surface area contributed by atoms with E-state index in [9.17, 15) is 9.18 Å². The van der Waals surface area contributed by atoms with Crippen molar-refractivity contribution in [1.82, 2.24) is 14.5 Å². The standard InChI is InChI=1S/C24H27ClFN3O3/c1-24(2,3)32-23(30)28-12-11-16(13-28)15-31-22-27-20-9-4-5-10-21(20)29(22)14-17-18(25)7-6-8-19(17)26/h4-10,16H,11-15H2,1-3H3/t16-/m0/s1. The van der Waals surface area contributed by atoms with Crippen molar-refractivity contribution in [2.45, 2.75) is 39.3 Å². The maximum absolute atomic E-state index is 14.4. The maximum Gasteiger partial charge on any atom is 0.410 e. The van der Waals surface area contributed by atoms with E-state index in [2.05, 4.69) is 4.98 Å². The number of ether oxygens (including phenoxy) is 2. The average Bonchev–Trinajstić information content (AvgIpc) is 3.33. The fraction of sp³-hybridized carbons (Fsp3) is 0.417. The lowest BCUT2D eigenvalue weighted by atomic mass is 10.1. The molecule has 1 atom stereocenters. The van der Waals surface area contributed by atoms with Crippen LogP contribution in [0.25, 0.3) is 11.0 Å². The molecule has 1 saturated heterocycles. The molecule has 2 aromatic carbocycles. The molecule has 1 aromatic heterocycles. The van der Waals surface area contributed by atoms with Crippen molar-refractivity contribution in [3.05, 3.63) is 58.9 Å². The number of hydrogen-bond donors (Lipinski definition) is 0. The number of benzene rings is 2. The summed E-state index contributed by atoms with van der Waals surface area (Å²) in [6, 6.07) is 12.7. The van der Waals surface area contributed by atoms with Gasteiger partial charge in [0.2, 0.25) is 0 Å². The molecule has 0 saturated carbocycles. The van der Waals surface area contributed by atoms with Crippen LogP contribution in [0, 0.1) is 11.7 Å². The first-order valence-corrected chi connectivity index (χ1v) is 11.1. The van der Waals surface area contributed by atoms with Gasteiger partial charge in [0.25, 0.3) is 6.01 Å². The second kappa shape index (κ2) is 8.98. The van der Waals surface area contributed by atoms with Gasteiger partial charge in [0.05, 0.1) is 24.2 Å². The van der Waals surface area contributed by atoms with Crippen LogP contribution in [0.1, 0.15) is 32.8 Å². The van der Waals surface area contributed by atoms with Gasteiger partial charge in [0.1, 0.15) is 11.4 Å². The predicted octanol–water partition coefficient (Wildman–Crippen LogP) is 5.51. The quantitative estimate of drug-likeness (QED) is 0.504. The van der Waals surface area contributed by atoms with E-state index in [0.29, 0.717) is 36.3 Å². The summed E-state index contributed by atoms with van der Waals surface area (Å²) < 4.78 is 27.8. The Balaban J connectivity index is 1.49. The molecule has 6 nitrogen and oxygen atoms in total. The van der Waals surface area contributed by atoms with Gasteiger partial charge >= 0.3 is 6.09 Å². The SMILES string of the molecule is CC(C)(C)OC(=O)N1CC[C@H](COc2nc3ccccc3n2Cc2c(F)cccc2Cl)C1. The summed E-state index contributed by atoms with van der Waals surface area (Å²) >= 11 is 6.26. The Morgan fingerprint density at radius 1 is 1.22 bits per heavy atom. The second-order valence-electron chi connectivity index (χ2n) is 9.06. The van der Waals surface area contributed by atoms with Crippen molar-refractivity contribution in [3.8, 4) is 6.01 Å². The van der Waals surface area contributed by atoms with Gasteiger partial charge in [-0.25, -0.2) is 9.18 Å². The molecule has 170 valence electrons. The number of imidazole rings is 1. The zero-order valence-electron chi connectivity index (χ0n) is 18.5. The summed E-state index contributed by atoms with van der Waals surface area (Å²) in [6.07, 6.45) is 0.514. The third kappa shape index (κ3) is 4.99. The van der Waals surface area contributed by atoms with E-state index >= 15 is 0 Å². The summed E-state index contributed by atoms with van der Waals surface area (Å²) in [5, 5.41) is 0.359. The lowest BCUT2D eigenvalue weighted by molar-refractivity contribution is 0.0284. The van der Waals surface area contributed by atoms with E-state index in [-0.39, 0.29) is 24.4 Å². The molecular weight excluding hydrogens is 433 g/mol. The summed E-state index contributed by atoms with van der Waals surface area (Å²) in [5.41, 5.74) is 1.46. The monoisotopic (exact) mass is 459 g/mol. The number of carbonyl (C=O) groups excluding carboxylic acids is 1. The third-order valence-electron chi connectivity index (χ3n) is 5.38. The summed E-state index contributed by atoms with van der Waals surface area (Å²) in [5.74, 6) is -0.210. The van der Waals surface area contributed by atoms with Crippen molar-refractivity contribution in [1.29, 1.82) is 0 Å². The third-order valence-corrected chi connectivity index (χ3v) is 5.74. The Hall–Kier alpha value is -2.80. The van der Waals surface area contributed by atoms with Crippen molar-refractivity contribution in [2.24, 2.45) is 5.92 Å². The number of halogens is 2. The van der Waals surface area contributed by atoms with Gasteiger partial charge in [-0.3, -0.25) is 4.57 Å². The van der Waals surface area contributed by atoms with Crippen LogP contribution in [-0.2, 0) is 11.3 Å². The first-order chi connectivity index (χ1) is 15.2. The molecule has 1 amide bonds. The Kier molecular flexibility index (Phi) is 6.29. The van der Waals surface area contributed by atoms with Gasteiger partial charge in [-0.05, 0) is 51.5 Å². The van der Waals surface area contributed by atoms with E-state index in [1.54, 1.807) is 17.0 Å². The Morgan fingerprint density at radius 3 is 2.75 bits per heavy atom. The number of hydrogen-bond acceptors (Lipinski definition) is 4. The highest BCUT2D eigenvalue weighted by Gasteiger charge is 2.30. The van der Waals surface area contributed by atoms with Crippen molar-refractivity contribution < 1.29 is 18.7 Å². The van der Waals surface area contributed by atoms with E-state index in [1.165, 1.54) is 6.07 Å². The van der Waals surface area contributed by atoms with Crippen LogP contribution in [0.4, 0.5) is 9.18 Å². The zero-order chi connectivity index (χ0) is 22.9. The van der Waals surface area contributed by atoms with E-state index in [1.807, 2.05) is 49.6 Å². The molecule has 32 heavy (non-hydrogen) atoms. The van der Waals surface area contributed by atoms with Crippen LogP contribution in [0.2, 0.25) is 5.02 Å². The molecule has 1 fully saturated rings. The molecule has 2 heterocycles. The average molecular weight is 460 g/mol. The van der Waals surface area contributed by atoms with E-state index < -0.39 is 5.60 Å². The van der Waals surface area contributed by atoms with Gasteiger partial charge in [-0.1, -0.05) is 29.8 Å². The van der Waals surface area contributed by atoms with Gasteiger partial charge < -0.3 is 14.4 Å². The fourth-order valence-corrected chi connectivity index (χ4v) is 4.03. The molecule has 8 heteroatoms. The van der Waals surface area contributed by atoms with Gasteiger partial charge in [0.15, 0.2) is 0 Å². The predicted molar refractivity (Wildman–Crippen MR) is 122 cm³/mol. The highest BCUT2D eigenvalue weighted by atomic mass is 35.5. The topological polar surface area (TPSA) is 56.6 Å². The molecule has 1 aliphatic heterocycles. The number of carbonyl (C=O) groups is 1. The summed E-state index contributed by atoms with van der Waals surface area (Å²) in [4.78, 5) is 18.6. The minimum Gasteiger partial charge on any atom is -0.464 e. The number of para-hydroxylation sites is 2. The molecule has 0 unspecified atom stereocenters. The van der Waals surface area contributed by atoms with Crippen LogP contribution in [-0.4, -0.2) is 45.8 Å². The molecule has 0 radical (unpaired) electrons. The number of amides is 1. The number of nitrogens with zero attached hydrogens (tertiary/aromatic N) is 3. The van der Waals surface area contributed by atoms with Crippen molar-refractivity contribution in [3.63, 3.8) is 0 Å². The minimum absolute atomic E-state index is 0.160. The molecular formula is C24H27ClFN3O3. The summed E-state index contributed by atoms with van der Waals surface area (Å²) in [7, 11) is 0. The van der Waals surface area contributed by atoms with Crippen LogP contribution in [0.5, 0.6) is 6.01 Å². The fourth-order valence-electron chi connectivity index (χ4n) is 3.81. The van der Waals surface area contributed by atoms with Crippen molar-refractivity contribution in [2.75, 3.05) is 19.7 Å². The smallest absolute Gasteiger partial charge is 0.410 e. The Morgan fingerprint density at radius 2 is 2.00 bits per heavy atom. The zero-order valence-corrected chi connectivity index (χ0v) is 19.2.